The molecule has 2 aliphatic rings. The molecule has 2 fully saturated rings. The van der Waals surface area contributed by atoms with Crippen molar-refractivity contribution in [1.82, 2.24) is 25.2 Å². The number of hydrogen-bond acceptors (Lipinski definition) is 7. The fraction of sp³-hybridized carbons (Fsp3) is 0.556. The third kappa shape index (κ3) is 8.75. The number of rotatable bonds is 12. The van der Waals surface area contributed by atoms with E-state index in [-0.39, 0.29) is 41.1 Å². The number of anilines is 2. The maximum absolute atomic E-state index is 14.5. The second kappa shape index (κ2) is 15.5. The Labute approximate surface area is 296 Å². The molecule has 0 N–H and O–H groups in total. The highest BCUT2D eigenvalue weighted by Gasteiger charge is 2.38. The molecule has 1 saturated heterocycles. The molecule has 1 aliphatic carbocycles. The molecule has 2 aromatic carbocycles. The molecule has 1 aliphatic heterocycles. The van der Waals surface area contributed by atoms with Crippen molar-refractivity contribution in [3.63, 3.8) is 0 Å². The standard InChI is InChI=1S/C36H41F8N7O/c1-3-4-12-52-21-22-7-9-24(10-8-22)32-6-5-11-51(32)33-26(15-25-16-29(37)30(38)18-31(25)45-33)20-50(34-46-48-49(2)47-34)19-23-13-27(35(39,40)41)17-28(14-23)36(42,43)44/h13-18,22,24,32H,3-12,19-21H2,1-2H3/t22?,24?,32-/m1/s1. The van der Waals surface area contributed by atoms with Gasteiger partial charge in [-0.2, -0.15) is 31.1 Å². The molecule has 1 atom stereocenters. The molecule has 8 nitrogen and oxygen atoms in total. The van der Waals surface area contributed by atoms with Crippen molar-refractivity contribution in [2.24, 2.45) is 18.9 Å². The second-order valence-corrected chi connectivity index (χ2v) is 13.9. The smallest absolute Gasteiger partial charge is 0.381 e. The zero-order chi connectivity index (χ0) is 37.2. The van der Waals surface area contributed by atoms with E-state index < -0.39 is 41.7 Å². The highest BCUT2D eigenvalue weighted by molar-refractivity contribution is 5.82. The Morgan fingerprint density at radius 1 is 0.865 bits per heavy atom. The minimum Gasteiger partial charge on any atom is -0.381 e. The lowest BCUT2D eigenvalue weighted by Gasteiger charge is -2.38. The second-order valence-electron chi connectivity index (χ2n) is 13.9. The van der Waals surface area contributed by atoms with Crippen LogP contribution in [0.1, 0.15) is 80.5 Å². The van der Waals surface area contributed by atoms with Gasteiger partial charge >= 0.3 is 12.4 Å². The zero-order valence-corrected chi connectivity index (χ0v) is 29.0. The van der Waals surface area contributed by atoms with Crippen molar-refractivity contribution in [1.29, 1.82) is 0 Å². The first-order valence-corrected chi connectivity index (χ1v) is 17.6. The number of ether oxygens (including phenoxy) is 1. The van der Waals surface area contributed by atoms with Crippen LogP contribution in [-0.4, -0.2) is 51.0 Å². The van der Waals surface area contributed by atoms with Crippen LogP contribution >= 0.6 is 0 Å². The summed E-state index contributed by atoms with van der Waals surface area (Å²) in [6, 6.07) is 5.18. The lowest BCUT2D eigenvalue weighted by molar-refractivity contribution is -0.143. The highest BCUT2D eigenvalue weighted by atomic mass is 19.4. The molecule has 0 unspecified atom stereocenters. The molecule has 0 amide bonds. The van der Waals surface area contributed by atoms with Crippen molar-refractivity contribution < 1.29 is 39.9 Å². The fourth-order valence-corrected chi connectivity index (χ4v) is 7.48. The number of fused-ring (bicyclic) bond motifs is 1. The summed E-state index contributed by atoms with van der Waals surface area (Å²) >= 11 is 0. The minimum atomic E-state index is -5.04. The number of aromatic nitrogens is 5. The van der Waals surface area contributed by atoms with Crippen LogP contribution in [0.4, 0.5) is 46.9 Å². The van der Waals surface area contributed by atoms with E-state index in [0.29, 0.717) is 41.9 Å². The molecular weight excluding hydrogens is 698 g/mol. The number of unbranched alkanes of at least 4 members (excludes halogenated alkanes) is 1. The van der Waals surface area contributed by atoms with E-state index >= 15 is 0 Å². The summed E-state index contributed by atoms with van der Waals surface area (Å²) in [5, 5.41) is 12.4. The first kappa shape index (κ1) is 37.7. The van der Waals surface area contributed by atoms with Crippen LogP contribution in [0.2, 0.25) is 0 Å². The average Bonchev–Trinajstić information content (AvgIpc) is 3.76. The van der Waals surface area contributed by atoms with Gasteiger partial charge in [-0.05, 0) is 97.9 Å². The highest BCUT2D eigenvalue weighted by Crippen LogP contribution is 2.41. The Hall–Kier alpha value is -4.08. The van der Waals surface area contributed by atoms with Crippen molar-refractivity contribution in [3.05, 3.63) is 70.3 Å². The number of pyridine rings is 1. The maximum Gasteiger partial charge on any atom is 0.416 e. The summed E-state index contributed by atoms with van der Waals surface area (Å²) in [7, 11) is 1.47. The van der Waals surface area contributed by atoms with E-state index in [1.165, 1.54) is 11.9 Å². The van der Waals surface area contributed by atoms with E-state index in [4.69, 9.17) is 9.72 Å². The topological polar surface area (TPSA) is 72.2 Å². The van der Waals surface area contributed by atoms with Crippen LogP contribution in [0.3, 0.4) is 0 Å². The van der Waals surface area contributed by atoms with Gasteiger partial charge in [-0.25, -0.2) is 13.8 Å². The number of halogens is 8. The van der Waals surface area contributed by atoms with Gasteiger partial charge in [0.05, 0.1) is 23.7 Å². The van der Waals surface area contributed by atoms with Crippen LogP contribution in [-0.2, 0) is 37.2 Å². The van der Waals surface area contributed by atoms with E-state index in [0.717, 1.165) is 81.5 Å². The van der Waals surface area contributed by atoms with Crippen molar-refractivity contribution in [2.75, 3.05) is 29.6 Å². The molecule has 282 valence electrons. The number of aryl methyl sites for hydroxylation is 1. The summed E-state index contributed by atoms with van der Waals surface area (Å²) < 4.78 is 118. The van der Waals surface area contributed by atoms with E-state index in [9.17, 15) is 35.1 Å². The molecule has 0 spiro atoms. The molecular formula is C36H41F8N7O. The molecule has 16 heteroatoms. The largest absolute Gasteiger partial charge is 0.416 e. The molecule has 4 aromatic rings. The van der Waals surface area contributed by atoms with Crippen LogP contribution in [0.15, 0.2) is 36.4 Å². The van der Waals surface area contributed by atoms with Gasteiger partial charge in [0.15, 0.2) is 11.6 Å². The van der Waals surface area contributed by atoms with Crippen LogP contribution in [0, 0.1) is 23.5 Å². The van der Waals surface area contributed by atoms with Gasteiger partial charge in [-0.3, -0.25) is 0 Å². The monoisotopic (exact) mass is 739 g/mol. The lowest BCUT2D eigenvalue weighted by atomic mass is 9.78. The average molecular weight is 740 g/mol. The quantitative estimate of drug-likeness (QED) is 0.106. The number of hydrogen-bond donors (Lipinski definition) is 0. The fourth-order valence-electron chi connectivity index (χ4n) is 7.48. The third-order valence-corrected chi connectivity index (χ3v) is 10.1. The Morgan fingerprint density at radius 2 is 1.56 bits per heavy atom. The number of alkyl halides is 6. The van der Waals surface area contributed by atoms with Gasteiger partial charge in [0.25, 0.3) is 5.95 Å². The van der Waals surface area contributed by atoms with Gasteiger partial charge in [0, 0.05) is 55.9 Å². The van der Waals surface area contributed by atoms with Crippen LogP contribution < -0.4 is 9.80 Å². The Bertz CT molecular complexity index is 1810. The molecule has 3 heterocycles. The Balaban J connectivity index is 1.35. The molecule has 1 saturated carbocycles. The Morgan fingerprint density at radius 3 is 2.19 bits per heavy atom. The maximum atomic E-state index is 14.5. The van der Waals surface area contributed by atoms with Crippen LogP contribution in [0.25, 0.3) is 10.9 Å². The molecule has 0 bridgehead atoms. The third-order valence-electron chi connectivity index (χ3n) is 10.1. The number of benzene rings is 2. The van der Waals surface area contributed by atoms with Crippen LogP contribution in [0.5, 0.6) is 0 Å². The summed E-state index contributed by atoms with van der Waals surface area (Å²) in [5.41, 5.74) is -2.46. The predicted molar refractivity (Wildman–Crippen MR) is 178 cm³/mol. The first-order chi connectivity index (χ1) is 24.7. The first-order valence-electron chi connectivity index (χ1n) is 17.6. The molecule has 2 aromatic heterocycles. The normalized spacial score (nSPS) is 19.9. The van der Waals surface area contributed by atoms with E-state index in [2.05, 4.69) is 27.2 Å². The molecule has 0 radical (unpaired) electrons. The van der Waals surface area contributed by atoms with Gasteiger partial charge in [-0.15, -0.1) is 5.10 Å². The number of nitrogens with zero attached hydrogens (tertiary/aromatic N) is 7. The van der Waals surface area contributed by atoms with E-state index in [1.54, 1.807) is 6.07 Å². The van der Waals surface area contributed by atoms with Gasteiger partial charge in [0.2, 0.25) is 0 Å². The van der Waals surface area contributed by atoms with E-state index in [1.807, 2.05) is 0 Å². The van der Waals surface area contributed by atoms with Crippen molar-refractivity contribution in [3.8, 4) is 0 Å². The SMILES string of the molecule is CCCCOCC1CCC([C@H]2CCCN2c2nc3cc(F)c(F)cc3cc2CN(Cc2cc(C(F)(F)F)cc(C(F)(F)F)c2)c2nnn(C)n2)CC1. The lowest BCUT2D eigenvalue weighted by Crippen LogP contribution is -2.39. The van der Waals surface area contributed by atoms with Crippen molar-refractivity contribution in [2.45, 2.75) is 89.8 Å². The van der Waals surface area contributed by atoms with Crippen molar-refractivity contribution >= 4 is 22.7 Å². The summed E-state index contributed by atoms with van der Waals surface area (Å²) in [4.78, 5) is 9.54. The molecule has 6 rings (SSSR count). The van der Waals surface area contributed by atoms with Gasteiger partial charge in [-0.1, -0.05) is 18.4 Å². The van der Waals surface area contributed by atoms with Gasteiger partial charge in [0.1, 0.15) is 5.82 Å². The Kier molecular flexibility index (Phi) is 11.2. The summed E-state index contributed by atoms with van der Waals surface area (Å²) in [6.07, 6.45) is -2.20. The van der Waals surface area contributed by atoms with Gasteiger partial charge < -0.3 is 14.5 Å². The summed E-state index contributed by atoms with van der Waals surface area (Å²) in [6.45, 7) is 3.66. The minimum absolute atomic E-state index is 0.0535. The molecule has 52 heavy (non-hydrogen) atoms. The zero-order valence-electron chi connectivity index (χ0n) is 29.0. The predicted octanol–water partition coefficient (Wildman–Crippen LogP) is 8.87. The number of tetrazole rings is 1. The summed E-state index contributed by atoms with van der Waals surface area (Å²) in [5.74, 6) is -0.891.